The Hall–Kier alpha value is 0.0738. The lowest BCUT2D eigenvalue weighted by atomic mass is 10.3. The lowest BCUT2D eigenvalue weighted by Gasteiger charge is -2.27. The molecule has 1 saturated heterocycles. The number of rotatable bonds is 27. The van der Waals surface area contributed by atoms with Crippen LogP contribution in [0.2, 0.25) is 31.7 Å². The molecule has 252 valence electrons. The number of hydrogen-bond acceptors (Lipinski definition) is 9. The van der Waals surface area contributed by atoms with Gasteiger partial charge in [-0.2, -0.15) is 0 Å². The molecule has 0 aromatic carbocycles. The summed E-state index contributed by atoms with van der Waals surface area (Å²) >= 11 is 0. The highest BCUT2D eigenvalue weighted by molar-refractivity contribution is 6.71. The smallest absolute Gasteiger partial charge is 0.334 e. The van der Waals surface area contributed by atoms with Gasteiger partial charge in [-0.3, -0.25) is 9.80 Å². The molecule has 0 aliphatic carbocycles. The van der Waals surface area contributed by atoms with Crippen LogP contribution < -0.4 is 0 Å². The lowest BCUT2D eigenvalue weighted by Crippen LogP contribution is -2.38. The summed E-state index contributed by atoms with van der Waals surface area (Å²) in [6.45, 7) is 22.3. The summed E-state index contributed by atoms with van der Waals surface area (Å²) in [5.74, 6) is 0. The van der Waals surface area contributed by atoms with Gasteiger partial charge in [-0.15, -0.1) is 0 Å². The standard InChI is InChI=1S/C31H72N6O3Si2/c1-32(2)17-11-19-34(25-15-29-41(8,9)38-5)21-13-23-36-27-28-37(31-36)24-14-22-35(20-12-18-33(3)4)26-16-30-42(10,39-6)40-7/h11-31H2,1-10H3. The quantitative estimate of drug-likeness (QED) is 0.126. The molecule has 0 atom stereocenters. The summed E-state index contributed by atoms with van der Waals surface area (Å²) < 4.78 is 17.2. The SMILES string of the molecule is CO[Si](C)(C)CCCN(CCCN(C)C)CCCN1CCN(CCCN(CCCN(C)C)CCC[Si](C)(OC)OC)C1. The molecule has 1 aliphatic heterocycles. The predicted molar refractivity (Wildman–Crippen MR) is 185 cm³/mol. The van der Waals surface area contributed by atoms with Crippen LogP contribution in [0.15, 0.2) is 0 Å². The van der Waals surface area contributed by atoms with Crippen LogP contribution in [0.4, 0.5) is 0 Å². The molecule has 0 spiro atoms. The Morgan fingerprint density at radius 3 is 1.33 bits per heavy atom. The summed E-state index contributed by atoms with van der Waals surface area (Å²) in [4.78, 5) is 15.3. The van der Waals surface area contributed by atoms with Crippen molar-refractivity contribution in [2.75, 3.05) is 135 Å². The fraction of sp³-hybridized carbons (Fsp3) is 1.00. The monoisotopic (exact) mass is 633 g/mol. The normalized spacial score (nSPS) is 15.9. The van der Waals surface area contributed by atoms with E-state index < -0.39 is 16.9 Å². The van der Waals surface area contributed by atoms with Crippen molar-refractivity contribution in [1.82, 2.24) is 29.4 Å². The van der Waals surface area contributed by atoms with Gasteiger partial charge < -0.3 is 32.9 Å². The zero-order valence-electron chi connectivity index (χ0n) is 29.8. The molecule has 42 heavy (non-hydrogen) atoms. The average molecular weight is 633 g/mol. The molecule has 0 aromatic heterocycles. The molecule has 0 aromatic rings. The maximum absolute atomic E-state index is 5.79. The van der Waals surface area contributed by atoms with Crippen LogP contribution in [0.1, 0.15) is 38.5 Å². The zero-order chi connectivity index (χ0) is 31.4. The minimum absolute atomic E-state index is 1.06. The van der Waals surface area contributed by atoms with Crippen molar-refractivity contribution in [3.05, 3.63) is 0 Å². The maximum atomic E-state index is 5.79. The molecule has 0 radical (unpaired) electrons. The fourth-order valence-corrected chi connectivity index (χ4v) is 8.33. The largest absolute Gasteiger partial charge is 0.420 e. The summed E-state index contributed by atoms with van der Waals surface area (Å²) in [7, 11) is 10.8. The zero-order valence-corrected chi connectivity index (χ0v) is 31.8. The molecule has 0 unspecified atom stereocenters. The van der Waals surface area contributed by atoms with Gasteiger partial charge >= 0.3 is 8.56 Å². The van der Waals surface area contributed by atoms with Crippen molar-refractivity contribution in [1.29, 1.82) is 0 Å². The highest BCUT2D eigenvalue weighted by Crippen LogP contribution is 2.16. The molecule has 0 saturated carbocycles. The van der Waals surface area contributed by atoms with Crippen LogP contribution in [-0.2, 0) is 13.3 Å². The van der Waals surface area contributed by atoms with Crippen LogP contribution >= 0.6 is 0 Å². The van der Waals surface area contributed by atoms with Gasteiger partial charge in [0, 0.05) is 47.5 Å². The Balaban J connectivity index is 2.40. The highest BCUT2D eigenvalue weighted by Gasteiger charge is 2.28. The molecule has 1 rings (SSSR count). The average Bonchev–Trinajstić information content (AvgIpc) is 3.39. The van der Waals surface area contributed by atoms with Gasteiger partial charge in [-0.1, -0.05) is 0 Å². The Bertz CT molecular complexity index is 658. The molecular formula is C31H72N6O3Si2. The number of hydrogen-bond donors (Lipinski definition) is 0. The van der Waals surface area contributed by atoms with E-state index in [1.807, 2.05) is 7.11 Å². The highest BCUT2D eigenvalue weighted by atomic mass is 28.4. The van der Waals surface area contributed by atoms with Crippen LogP contribution in [0.3, 0.4) is 0 Å². The lowest BCUT2D eigenvalue weighted by molar-refractivity contribution is 0.200. The number of nitrogens with zero attached hydrogens (tertiary/aromatic N) is 6. The molecule has 1 heterocycles. The van der Waals surface area contributed by atoms with Crippen molar-refractivity contribution >= 4 is 16.9 Å². The molecule has 11 heteroatoms. The first kappa shape index (κ1) is 40.1. The first-order chi connectivity index (χ1) is 19.9. The third-order valence-corrected chi connectivity index (χ3v) is 14.6. The van der Waals surface area contributed by atoms with Gasteiger partial charge in [-0.25, -0.2) is 0 Å². The Morgan fingerprint density at radius 2 is 0.929 bits per heavy atom. The first-order valence-corrected chi connectivity index (χ1v) is 22.4. The van der Waals surface area contributed by atoms with Gasteiger partial charge in [0.1, 0.15) is 0 Å². The third-order valence-electron chi connectivity index (χ3n) is 8.96. The molecule has 1 fully saturated rings. The van der Waals surface area contributed by atoms with E-state index >= 15 is 0 Å². The second kappa shape index (κ2) is 22.6. The van der Waals surface area contributed by atoms with Crippen LogP contribution in [0.5, 0.6) is 0 Å². The van der Waals surface area contributed by atoms with Crippen molar-refractivity contribution in [3.8, 4) is 0 Å². The topological polar surface area (TPSA) is 47.1 Å². The van der Waals surface area contributed by atoms with E-state index in [2.05, 4.69) is 77.2 Å². The van der Waals surface area contributed by atoms with E-state index in [1.54, 1.807) is 14.2 Å². The van der Waals surface area contributed by atoms with Gasteiger partial charge in [0.25, 0.3) is 0 Å². The summed E-state index contributed by atoms with van der Waals surface area (Å²) in [6.07, 6.45) is 7.42. The summed E-state index contributed by atoms with van der Waals surface area (Å²) in [5.41, 5.74) is 0. The van der Waals surface area contributed by atoms with Gasteiger partial charge in [-0.05, 0) is 151 Å². The third kappa shape index (κ3) is 19.5. The first-order valence-electron chi connectivity index (χ1n) is 16.8. The van der Waals surface area contributed by atoms with Crippen molar-refractivity contribution in [2.45, 2.75) is 70.3 Å². The van der Waals surface area contributed by atoms with Crippen LogP contribution in [-0.4, -0.2) is 181 Å². The minimum Gasteiger partial charge on any atom is -0.420 e. The second-order valence-corrected chi connectivity index (χ2v) is 21.8. The van der Waals surface area contributed by atoms with Crippen molar-refractivity contribution < 1.29 is 13.3 Å². The van der Waals surface area contributed by atoms with Crippen LogP contribution in [0, 0.1) is 0 Å². The Labute approximate surface area is 264 Å². The molecule has 1 aliphatic rings. The predicted octanol–water partition coefficient (Wildman–Crippen LogP) is 3.85. The molecule has 0 bridgehead atoms. The van der Waals surface area contributed by atoms with Gasteiger partial charge in [0.2, 0.25) is 0 Å². The molecule has 0 amide bonds. The van der Waals surface area contributed by atoms with Gasteiger partial charge in [0.05, 0.1) is 6.67 Å². The second-order valence-electron chi connectivity index (χ2n) is 13.8. The van der Waals surface area contributed by atoms with Crippen molar-refractivity contribution in [2.24, 2.45) is 0 Å². The maximum Gasteiger partial charge on any atom is 0.334 e. The summed E-state index contributed by atoms with van der Waals surface area (Å²) in [5, 5.41) is 0. The van der Waals surface area contributed by atoms with Gasteiger partial charge in [0.15, 0.2) is 8.32 Å². The van der Waals surface area contributed by atoms with E-state index in [-0.39, 0.29) is 0 Å². The minimum atomic E-state index is -1.98. The summed E-state index contributed by atoms with van der Waals surface area (Å²) in [6, 6.07) is 2.31. The molecular weight excluding hydrogens is 561 g/mol. The fourth-order valence-electron chi connectivity index (χ4n) is 5.74. The van der Waals surface area contributed by atoms with E-state index in [9.17, 15) is 0 Å². The molecule has 9 nitrogen and oxygen atoms in total. The van der Waals surface area contributed by atoms with E-state index in [0.717, 1.165) is 32.2 Å². The molecule has 0 N–H and O–H groups in total. The van der Waals surface area contributed by atoms with Crippen molar-refractivity contribution in [3.63, 3.8) is 0 Å². The van der Waals surface area contributed by atoms with E-state index in [4.69, 9.17) is 13.3 Å². The van der Waals surface area contributed by atoms with E-state index in [0.29, 0.717) is 0 Å². The Kier molecular flexibility index (Phi) is 21.5. The Morgan fingerprint density at radius 1 is 0.524 bits per heavy atom. The van der Waals surface area contributed by atoms with Crippen LogP contribution in [0.25, 0.3) is 0 Å². The van der Waals surface area contributed by atoms with E-state index in [1.165, 1.54) is 104 Å².